The van der Waals surface area contributed by atoms with Crippen LogP contribution in [-0.2, 0) is 20.9 Å². The Hall–Kier alpha value is -2.51. The first kappa shape index (κ1) is 22.2. The Balaban J connectivity index is 1.51. The molecular weight excluding hydrogens is 386 g/mol. The fourth-order valence-electron chi connectivity index (χ4n) is 4.03. The number of piperidine rings is 2. The minimum absolute atomic E-state index is 0.00783. The van der Waals surface area contributed by atoms with Crippen LogP contribution in [0.25, 0.3) is 0 Å². The first-order valence-corrected chi connectivity index (χ1v) is 10.8. The third kappa shape index (κ3) is 5.77. The van der Waals surface area contributed by atoms with Crippen molar-refractivity contribution in [1.29, 1.82) is 0 Å². The van der Waals surface area contributed by atoms with Crippen LogP contribution in [0.1, 0.15) is 58.6 Å². The predicted octanol–water partition coefficient (Wildman–Crippen LogP) is 2.92. The number of ether oxygens (including phenoxy) is 1. The van der Waals surface area contributed by atoms with Crippen molar-refractivity contribution in [2.45, 2.75) is 71.1 Å². The smallest absolute Gasteiger partial charge is 0.410 e. The van der Waals surface area contributed by atoms with Gasteiger partial charge in [-0.1, -0.05) is 0 Å². The summed E-state index contributed by atoms with van der Waals surface area (Å²) in [5.41, 5.74) is -0.594. The molecule has 1 atom stereocenters. The van der Waals surface area contributed by atoms with Crippen molar-refractivity contribution >= 4 is 17.9 Å². The van der Waals surface area contributed by atoms with Gasteiger partial charge in [0.1, 0.15) is 17.4 Å². The van der Waals surface area contributed by atoms with Crippen LogP contribution in [-0.4, -0.2) is 59.0 Å². The molecule has 0 saturated carbocycles. The molecule has 0 aliphatic carbocycles. The first-order valence-electron chi connectivity index (χ1n) is 10.8. The monoisotopic (exact) mass is 419 g/mol. The van der Waals surface area contributed by atoms with Crippen LogP contribution in [0, 0.1) is 5.92 Å². The summed E-state index contributed by atoms with van der Waals surface area (Å²) >= 11 is 0. The zero-order valence-corrected chi connectivity index (χ0v) is 18.2. The standard InChI is InChI=1S/C22H33N3O5/c1-22(2,3)30-21(28)25-11-5-4-8-18(25)20(27)24-12-9-16(10-13-24)19(26)23-15-17-7-6-14-29-17/h6-7,14,16,18H,4-5,8-13,15H2,1-3H3,(H,23,26). The van der Waals surface area contributed by atoms with Crippen molar-refractivity contribution in [1.82, 2.24) is 15.1 Å². The summed E-state index contributed by atoms with van der Waals surface area (Å²) in [6, 6.07) is 3.14. The van der Waals surface area contributed by atoms with Gasteiger partial charge in [0, 0.05) is 25.6 Å². The summed E-state index contributed by atoms with van der Waals surface area (Å²) in [6.07, 6.45) is 4.85. The number of nitrogens with one attached hydrogen (secondary N) is 1. The number of carbonyl (C=O) groups excluding carboxylic acids is 3. The zero-order valence-electron chi connectivity index (χ0n) is 18.2. The van der Waals surface area contributed by atoms with Crippen molar-refractivity contribution < 1.29 is 23.5 Å². The SMILES string of the molecule is CC(C)(C)OC(=O)N1CCCCC1C(=O)N1CCC(C(=O)NCc2ccco2)CC1. The summed E-state index contributed by atoms with van der Waals surface area (Å²) in [5.74, 6) is 0.564. The molecule has 2 fully saturated rings. The third-order valence-electron chi connectivity index (χ3n) is 5.61. The van der Waals surface area contributed by atoms with Gasteiger partial charge in [0.05, 0.1) is 12.8 Å². The molecule has 1 unspecified atom stereocenters. The molecular formula is C22H33N3O5. The number of carbonyl (C=O) groups is 3. The highest BCUT2D eigenvalue weighted by molar-refractivity contribution is 5.86. The Morgan fingerprint density at radius 1 is 1.13 bits per heavy atom. The Labute approximate surface area is 177 Å². The van der Waals surface area contributed by atoms with Gasteiger partial charge < -0.3 is 19.4 Å². The molecule has 8 nitrogen and oxygen atoms in total. The van der Waals surface area contributed by atoms with Gasteiger partial charge in [0.15, 0.2) is 0 Å². The molecule has 0 radical (unpaired) electrons. The molecule has 2 saturated heterocycles. The molecule has 0 bridgehead atoms. The van der Waals surface area contributed by atoms with E-state index in [0.717, 1.165) is 18.6 Å². The van der Waals surface area contributed by atoms with E-state index in [9.17, 15) is 14.4 Å². The summed E-state index contributed by atoms with van der Waals surface area (Å²) in [4.78, 5) is 41.5. The molecule has 1 aromatic rings. The Bertz CT molecular complexity index is 732. The van der Waals surface area contributed by atoms with Crippen LogP contribution in [0.2, 0.25) is 0 Å². The highest BCUT2D eigenvalue weighted by atomic mass is 16.6. The van der Waals surface area contributed by atoms with E-state index >= 15 is 0 Å². The average Bonchev–Trinajstić information content (AvgIpc) is 3.24. The molecule has 2 aliphatic heterocycles. The highest BCUT2D eigenvalue weighted by Gasteiger charge is 2.38. The van der Waals surface area contributed by atoms with Crippen LogP contribution >= 0.6 is 0 Å². The maximum Gasteiger partial charge on any atom is 0.410 e. The first-order chi connectivity index (χ1) is 14.2. The summed E-state index contributed by atoms with van der Waals surface area (Å²) in [6.45, 7) is 7.44. The quantitative estimate of drug-likeness (QED) is 0.810. The fraction of sp³-hybridized carbons (Fsp3) is 0.682. The van der Waals surface area contributed by atoms with E-state index in [1.807, 2.05) is 26.8 Å². The molecule has 0 aromatic carbocycles. The lowest BCUT2D eigenvalue weighted by atomic mass is 9.94. The number of furan rings is 1. The molecule has 0 spiro atoms. The van der Waals surface area contributed by atoms with Crippen molar-refractivity contribution in [3.05, 3.63) is 24.2 Å². The van der Waals surface area contributed by atoms with Crippen LogP contribution < -0.4 is 5.32 Å². The topological polar surface area (TPSA) is 92.1 Å². The minimum Gasteiger partial charge on any atom is -0.467 e. The lowest BCUT2D eigenvalue weighted by Crippen LogP contribution is -2.55. The molecule has 3 heterocycles. The lowest BCUT2D eigenvalue weighted by molar-refractivity contribution is -0.141. The molecule has 1 N–H and O–H groups in total. The van der Waals surface area contributed by atoms with Crippen LogP contribution in [0.4, 0.5) is 4.79 Å². The van der Waals surface area contributed by atoms with Gasteiger partial charge in [-0.3, -0.25) is 14.5 Å². The molecule has 1 aromatic heterocycles. The van der Waals surface area contributed by atoms with E-state index < -0.39 is 17.7 Å². The van der Waals surface area contributed by atoms with Gasteiger partial charge in [-0.15, -0.1) is 0 Å². The van der Waals surface area contributed by atoms with Crippen LogP contribution in [0.5, 0.6) is 0 Å². The fourth-order valence-corrected chi connectivity index (χ4v) is 4.03. The van der Waals surface area contributed by atoms with Gasteiger partial charge in [-0.2, -0.15) is 0 Å². The average molecular weight is 420 g/mol. The summed E-state index contributed by atoms with van der Waals surface area (Å²) in [5, 5.41) is 2.90. The number of hydrogen-bond acceptors (Lipinski definition) is 5. The van der Waals surface area contributed by atoms with Crippen LogP contribution in [0.3, 0.4) is 0 Å². The van der Waals surface area contributed by atoms with Crippen molar-refractivity contribution in [2.75, 3.05) is 19.6 Å². The van der Waals surface area contributed by atoms with Gasteiger partial charge in [-0.05, 0) is 65.0 Å². The van der Waals surface area contributed by atoms with Crippen molar-refractivity contribution in [3.8, 4) is 0 Å². The summed E-state index contributed by atoms with van der Waals surface area (Å²) in [7, 11) is 0. The molecule has 3 rings (SSSR count). The van der Waals surface area contributed by atoms with E-state index in [4.69, 9.17) is 9.15 Å². The van der Waals surface area contributed by atoms with Gasteiger partial charge in [-0.25, -0.2) is 4.79 Å². The van der Waals surface area contributed by atoms with E-state index in [2.05, 4.69) is 5.32 Å². The van der Waals surface area contributed by atoms with Gasteiger partial charge in [0.2, 0.25) is 11.8 Å². The van der Waals surface area contributed by atoms with Crippen LogP contribution in [0.15, 0.2) is 22.8 Å². The largest absolute Gasteiger partial charge is 0.467 e. The molecule has 30 heavy (non-hydrogen) atoms. The second kappa shape index (κ2) is 9.53. The predicted molar refractivity (Wildman–Crippen MR) is 110 cm³/mol. The number of nitrogens with zero attached hydrogens (tertiary/aromatic N) is 2. The maximum absolute atomic E-state index is 13.2. The van der Waals surface area contributed by atoms with E-state index in [0.29, 0.717) is 45.4 Å². The Morgan fingerprint density at radius 3 is 2.50 bits per heavy atom. The van der Waals surface area contributed by atoms with Gasteiger partial charge in [0.25, 0.3) is 0 Å². The molecule has 8 heteroatoms. The highest BCUT2D eigenvalue weighted by Crippen LogP contribution is 2.25. The Kier molecular flexibility index (Phi) is 7.05. The van der Waals surface area contributed by atoms with Crippen molar-refractivity contribution in [2.24, 2.45) is 5.92 Å². The van der Waals surface area contributed by atoms with Crippen molar-refractivity contribution in [3.63, 3.8) is 0 Å². The second-order valence-corrected chi connectivity index (χ2v) is 9.08. The number of amides is 3. The van der Waals surface area contributed by atoms with E-state index in [1.54, 1.807) is 22.1 Å². The maximum atomic E-state index is 13.2. The third-order valence-corrected chi connectivity index (χ3v) is 5.61. The molecule has 2 aliphatic rings. The number of rotatable bonds is 4. The van der Waals surface area contributed by atoms with E-state index in [1.165, 1.54) is 0 Å². The second-order valence-electron chi connectivity index (χ2n) is 9.08. The molecule has 3 amide bonds. The number of likely N-dealkylation sites (tertiary alicyclic amines) is 2. The normalized spacial score (nSPS) is 20.7. The Morgan fingerprint density at radius 2 is 1.87 bits per heavy atom. The summed E-state index contributed by atoms with van der Waals surface area (Å²) < 4.78 is 10.7. The van der Waals surface area contributed by atoms with Gasteiger partial charge >= 0.3 is 6.09 Å². The number of hydrogen-bond donors (Lipinski definition) is 1. The minimum atomic E-state index is -0.594. The molecule has 166 valence electrons. The lowest BCUT2D eigenvalue weighted by Gasteiger charge is -2.40. The van der Waals surface area contributed by atoms with E-state index in [-0.39, 0.29) is 17.7 Å². The zero-order chi connectivity index (χ0) is 21.7.